The van der Waals surface area contributed by atoms with Crippen molar-refractivity contribution in [1.29, 1.82) is 0 Å². The van der Waals surface area contributed by atoms with E-state index >= 15 is 0 Å². The van der Waals surface area contributed by atoms with Crippen molar-refractivity contribution in [1.82, 2.24) is 29.4 Å². The highest BCUT2D eigenvalue weighted by atomic mass is 19.4. The third-order valence-electron chi connectivity index (χ3n) is 5.98. The molecule has 1 N–H and O–H groups in total. The van der Waals surface area contributed by atoms with E-state index in [0.717, 1.165) is 56.0 Å². The lowest BCUT2D eigenvalue weighted by Crippen LogP contribution is -2.42. The second-order valence-electron chi connectivity index (χ2n) is 8.17. The summed E-state index contributed by atoms with van der Waals surface area (Å²) in [6, 6.07) is 4.62. The minimum absolute atomic E-state index is 0.140. The molecule has 1 saturated heterocycles. The number of benzene rings is 1. The van der Waals surface area contributed by atoms with Gasteiger partial charge in [-0.05, 0) is 37.5 Å². The standard InChI is InChI=1S/C21H22F3N7O/c22-21(23,24)15-5-1-6-17(10-15)31-13-16(11-25-31)26-20(32)29-8-2-4-14(12-29)19-28-27-18-7-3-9-30(18)19/h1,5-6,10-11,13-14H,2-4,7-9,12H2,(H,26,32)/t14-/m1/s1. The predicted octanol–water partition coefficient (Wildman–Crippen LogP) is 3.84. The normalized spacial score (nSPS) is 18.6. The quantitative estimate of drug-likeness (QED) is 0.664. The van der Waals surface area contributed by atoms with Crippen molar-refractivity contribution in [2.24, 2.45) is 0 Å². The molecule has 3 aromatic rings. The molecule has 168 valence electrons. The minimum Gasteiger partial charge on any atom is -0.324 e. The number of carbonyl (C=O) groups is 1. The molecule has 2 aliphatic heterocycles. The molecule has 2 amide bonds. The van der Waals surface area contributed by atoms with E-state index < -0.39 is 11.7 Å². The van der Waals surface area contributed by atoms with Gasteiger partial charge in [-0.1, -0.05) is 6.07 Å². The van der Waals surface area contributed by atoms with Crippen LogP contribution in [0, 0.1) is 0 Å². The number of aryl methyl sites for hydroxylation is 1. The molecule has 2 aliphatic rings. The summed E-state index contributed by atoms with van der Waals surface area (Å²) in [6.07, 6.45) is 2.32. The van der Waals surface area contributed by atoms with Gasteiger partial charge in [0, 0.05) is 32.0 Å². The number of urea groups is 1. The van der Waals surface area contributed by atoms with E-state index in [0.29, 0.717) is 18.8 Å². The summed E-state index contributed by atoms with van der Waals surface area (Å²) >= 11 is 0. The van der Waals surface area contributed by atoms with E-state index in [1.165, 1.54) is 29.2 Å². The number of rotatable bonds is 3. The topological polar surface area (TPSA) is 80.9 Å². The molecular weight excluding hydrogens is 423 g/mol. The van der Waals surface area contributed by atoms with Gasteiger partial charge in [0.1, 0.15) is 11.6 Å². The van der Waals surface area contributed by atoms with Gasteiger partial charge in [0.15, 0.2) is 0 Å². The summed E-state index contributed by atoms with van der Waals surface area (Å²) in [5.41, 5.74) is -0.0765. The first-order valence-electron chi connectivity index (χ1n) is 10.6. The zero-order valence-electron chi connectivity index (χ0n) is 17.2. The molecule has 4 heterocycles. The first kappa shape index (κ1) is 20.5. The van der Waals surface area contributed by atoms with Crippen LogP contribution in [-0.4, -0.2) is 48.6 Å². The number of hydrogen-bond acceptors (Lipinski definition) is 4. The highest BCUT2D eigenvalue weighted by Crippen LogP contribution is 2.31. The van der Waals surface area contributed by atoms with Crippen LogP contribution >= 0.6 is 0 Å². The van der Waals surface area contributed by atoms with Crippen molar-refractivity contribution in [3.63, 3.8) is 0 Å². The summed E-state index contributed by atoms with van der Waals surface area (Å²) in [6.45, 7) is 2.10. The van der Waals surface area contributed by atoms with Crippen LogP contribution in [-0.2, 0) is 19.1 Å². The molecule has 32 heavy (non-hydrogen) atoms. The Hall–Kier alpha value is -3.37. The Morgan fingerprint density at radius 1 is 1.16 bits per heavy atom. The number of piperidine rings is 1. The number of likely N-dealkylation sites (tertiary alicyclic amines) is 1. The number of alkyl halides is 3. The van der Waals surface area contributed by atoms with Crippen molar-refractivity contribution in [3.05, 3.63) is 53.9 Å². The average Bonchev–Trinajstić information content (AvgIpc) is 3.51. The lowest BCUT2D eigenvalue weighted by molar-refractivity contribution is -0.137. The van der Waals surface area contributed by atoms with E-state index in [-0.39, 0.29) is 17.6 Å². The largest absolute Gasteiger partial charge is 0.416 e. The van der Waals surface area contributed by atoms with Crippen LogP contribution in [0.3, 0.4) is 0 Å². The number of nitrogens with one attached hydrogen (secondary N) is 1. The van der Waals surface area contributed by atoms with Crippen molar-refractivity contribution in [3.8, 4) is 5.69 Å². The molecule has 0 aliphatic carbocycles. The van der Waals surface area contributed by atoms with Crippen LogP contribution in [0.4, 0.5) is 23.7 Å². The van der Waals surface area contributed by atoms with Crippen molar-refractivity contribution >= 4 is 11.7 Å². The van der Waals surface area contributed by atoms with Crippen LogP contribution in [0.25, 0.3) is 5.69 Å². The second kappa shape index (κ2) is 7.95. The number of anilines is 1. The lowest BCUT2D eigenvalue weighted by atomic mass is 9.97. The van der Waals surface area contributed by atoms with Gasteiger partial charge < -0.3 is 14.8 Å². The van der Waals surface area contributed by atoms with Gasteiger partial charge in [0.25, 0.3) is 0 Å². The Balaban J connectivity index is 1.26. The lowest BCUT2D eigenvalue weighted by Gasteiger charge is -2.32. The molecule has 0 bridgehead atoms. The molecule has 8 nitrogen and oxygen atoms in total. The number of carbonyl (C=O) groups excluding carboxylic acids is 1. The number of amides is 2. The van der Waals surface area contributed by atoms with Crippen LogP contribution in [0.5, 0.6) is 0 Å². The Labute approximate surface area is 182 Å². The van der Waals surface area contributed by atoms with Crippen molar-refractivity contribution in [2.45, 2.75) is 44.3 Å². The molecule has 1 fully saturated rings. The van der Waals surface area contributed by atoms with Gasteiger partial charge in [0.2, 0.25) is 0 Å². The summed E-state index contributed by atoms with van der Waals surface area (Å²) < 4.78 is 42.4. The van der Waals surface area contributed by atoms with Crippen LogP contribution in [0.2, 0.25) is 0 Å². The summed E-state index contributed by atoms with van der Waals surface area (Å²) in [7, 11) is 0. The van der Waals surface area contributed by atoms with Crippen LogP contribution < -0.4 is 5.32 Å². The third kappa shape index (κ3) is 3.94. The van der Waals surface area contributed by atoms with E-state index in [1.54, 1.807) is 4.90 Å². The Kier molecular flexibility index (Phi) is 5.10. The maximum absolute atomic E-state index is 13.0. The predicted molar refractivity (Wildman–Crippen MR) is 109 cm³/mol. The zero-order chi connectivity index (χ0) is 22.3. The van der Waals surface area contributed by atoms with Gasteiger partial charge in [-0.15, -0.1) is 10.2 Å². The molecule has 0 saturated carbocycles. The maximum atomic E-state index is 13.0. The number of nitrogens with zero attached hydrogens (tertiary/aromatic N) is 6. The fourth-order valence-corrected chi connectivity index (χ4v) is 4.40. The number of halogens is 3. The monoisotopic (exact) mass is 445 g/mol. The number of hydrogen-bond donors (Lipinski definition) is 1. The second-order valence-corrected chi connectivity index (χ2v) is 8.17. The molecule has 0 unspecified atom stereocenters. The number of aromatic nitrogens is 5. The fraction of sp³-hybridized carbons (Fsp3) is 0.429. The molecule has 1 atom stereocenters. The molecule has 0 radical (unpaired) electrons. The minimum atomic E-state index is -4.44. The van der Waals surface area contributed by atoms with E-state index in [4.69, 9.17) is 0 Å². The molecule has 1 aromatic carbocycles. The van der Waals surface area contributed by atoms with E-state index in [2.05, 4.69) is 25.2 Å². The molecule has 5 rings (SSSR count). The van der Waals surface area contributed by atoms with Crippen molar-refractivity contribution in [2.75, 3.05) is 18.4 Å². The molecule has 11 heteroatoms. The van der Waals surface area contributed by atoms with Gasteiger partial charge >= 0.3 is 12.2 Å². The fourth-order valence-electron chi connectivity index (χ4n) is 4.40. The highest BCUT2D eigenvalue weighted by molar-refractivity contribution is 5.89. The Morgan fingerprint density at radius 3 is 2.88 bits per heavy atom. The first-order valence-corrected chi connectivity index (χ1v) is 10.6. The SMILES string of the molecule is O=C(Nc1cnn(-c2cccc(C(F)(F)F)c2)c1)N1CCC[C@@H](c2nnc3n2CCC3)C1. The van der Waals surface area contributed by atoms with Crippen LogP contribution in [0.15, 0.2) is 36.7 Å². The first-order chi connectivity index (χ1) is 15.4. The van der Waals surface area contributed by atoms with E-state index in [9.17, 15) is 18.0 Å². The van der Waals surface area contributed by atoms with E-state index in [1.807, 2.05) is 0 Å². The highest BCUT2D eigenvalue weighted by Gasteiger charge is 2.31. The van der Waals surface area contributed by atoms with Gasteiger partial charge in [-0.3, -0.25) is 0 Å². The van der Waals surface area contributed by atoms with Gasteiger partial charge in [-0.2, -0.15) is 18.3 Å². The molecule has 2 aromatic heterocycles. The zero-order valence-corrected chi connectivity index (χ0v) is 17.2. The third-order valence-corrected chi connectivity index (χ3v) is 5.98. The smallest absolute Gasteiger partial charge is 0.324 e. The average molecular weight is 445 g/mol. The Bertz CT molecular complexity index is 1140. The summed E-state index contributed by atoms with van der Waals surface area (Å²) in [5.74, 6) is 2.11. The van der Waals surface area contributed by atoms with Crippen molar-refractivity contribution < 1.29 is 18.0 Å². The summed E-state index contributed by atoms with van der Waals surface area (Å²) in [5, 5.41) is 15.5. The van der Waals surface area contributed by atoms with Gasteiger partial charge in [0.05, 0.1) is 29.3 Å². The maximum Gasteiger partial charge on any atom is 0.416 e. The number of fused-ring (bicyclic) bond motifs is 1. The molecule has 0 spiro atoms. The Morgan fingerprint density at radius 2 is 2.03 bits per heavy atom. The molecular formula is C21H22F3N7O. The van der Waals surface area contributed by atoms with Crippen LogP contribution in [0.1, 0.15) is 42.4 Å². The summed E-state index contributed by atoms with van der Waals surface area (Å²) in [4.78, 5) is 14.6. The van der Waals surface area contributed by atoms with Gasteiger partial charge in [-0.25, -0.2) is 9.48 Å².